The highest BCUT2D eigenvalue weighted by Gasteiger charge is 2.12. The highest BCUT2D eigenvalue weighted by Crippen LogP contribution is 2.15. The zero-order valence-corrected chi connectivity index (χ0v) is 8.27. The van der Waals surface area contributed by atoms with Crippen LogP contribution in [-0.4, -0.2) is 17.3 Å². The third-order valence-electron chi connectivity index (χ3n) is 2.14. The minimum atomic E-state index is -0.0864. The van der Waals surface area contributed by atoms with Crippen molar-refractivity contribution in [3.63, 3.8) is 0 Å². The largest absolute Gasteiger partial charge is 0.434 e. The van der Waals surface area contributed by atoms with Crippen LogP contribution in [0.15, 0.2) is 28.7 Å². The van der Waals surface area contributed by atoms with Crippen molar-refractivity contribution >= 4 is 16.9 Å². The van der Waals surface area contributed by atoms with Gasteiger partial charge in [-0.15, -0.1) is 0 Å². The van der Waals surface area contributed by atoms with E-state index in [0.717, 1.165) is 0 Å². The van der Waals surface area contributed by atoms with E-state index in [1.54, 1.807) is 6.07 Å². The van der Waals surface area contributed by atoms with Crippen LogP contribution in [0.2, 0.25) is 0 Å². The monoisotopic (exact) mass is 204 g/mol. The fourth-order valence-corrected chi connectivity index (χ4v) is 1.36. The molecule has 0 amide bonds. The fourth-order valence-electron chi connectivity index (χ4n) is 1.36. The van der Waals surface area contributed by atoms with Gasteiger partial charge in [-0.2, -0.15) is 0 Å². The first kappa shape index (κ1) is 9.86. The van der Waals surface area contributed by atoms with Gasteiger partial charge in [0.1, 0.15) is 5.52 Å². The van der Waals surface area contributed by atoms with Gasteiger partial charge in [-0.25, -0.2) is 4.98 Å². The van der Waals surface area contributed by atoms with E-state index in [-0.39, 0.29) is 11.7 Å². The molecule has 1 aromatic carbocycles. The molecule has 4 heteroatoms. The third-order valence-corrected chi connectivity index (χ3v) is 2.14. The Bertz CT molecular complexity index is 443. The third kappa shape index (κ3) is 2.05. The number of rotatable bonds is 4. The summed E-state index contributed by atoms with van der Waals surface area (Å²) in [4.78, 5) is 15.7. The summed E-state index contributed by atoms with van der Waals surface area (Å²) in [6, 6.07) is 7.32. The van der Waals surface area contributed by atoms with Crippen molar-refractivity contribution in [2.75, 3.05) is 6.54 Å². The molecular weight excluding hydrogens is 192 g/mol. The van der Waals surface area contributed by atoms with E-state index in [0.29, 0.717) is 30.5 Å². The first-order valence-corrected chi connectivity index (χ1v) is 4.90. The van der Waals surface area contributed by atoms with Crippen LogP contribution in [0, 0.1) is 0 Å². The van der Waals surface area contributed by atoms with Crippen molar-refractivity contribution in [2.24, 2.45) is 5.73 Å². The van der Waals surface area contributed by atoms with E-state index in [2.05, 4.69) is 4.98 Å². The van der Waals surface area contributed by atoms with Crippen LogP contribution >= 0.6 is 0 Å². The van der Waals surface area contributed by atoms with Gasteiger partial charge in [0, 0.05) is 6.42 Å². The Morgan fingerprint density at radius 2 is 2.20 bits per heavy atom. The molecular formula is C11H12N2O2. The van der Waals surface area contributed by atoms with Gasteiger partial charge in [0.2, 0.25) is 5.78 Å². The molecule has 4 nitrogen and oxygen atoms in total. The zero-order chi connectivity index (χ0) is 10.7. The minimum Gasteiger partial charge on any atom is -0.434 e. The number of aromatic nitrogens is 1. The predicted molar refractivity (Wildman–Crippen MR) is 56.6 cm³/mol. The predicted octanol–water partition coefficient (Wildman–Crippen LogP) is 1.75. The zero-order valence-electron chi connectivity index (χ0n) is 8.27. The first-order valence-electron chi connectivity index (χ1n) is 4.90. The molecule has 2 rings (SSSR count). The number of Topliss-reactive ketones (excluding diaryl/α,β-unsaturated/α-hetero) is 1. The second-order valence-corrected chi connectivity index (χ2v) is 3.30. The standard InChI is InChI=1S/C11H12N2O2/c12-7-3-5-9(14)11-13-8-4-1-2-6-10(8)15-11/h1-2,4,6H,3,5,7,12H2. The normalized spacial score (nSPS) is 10.7. The lowest BCUT2D eigenvalue weighted by molar-refractivity contribution is 0.0949. The Balaban J connectivity index is 2.25. The number of oxazole rings is 1. The summed E-state index contributed by atoms with van der Waals surface area (Å²) in [5.41, 5.74) is 6.69. The lowest BCUT2D eigenvalue weighted by Crippen LogP contribution is -2.04. The molecule has 0 aliphatic heterocycles. The first-order chi connectivity index (χ1) is 7.31. The van der Waals surface area contributed by atoms with E-state index in [1.807, 2.05) is 18.2 Å². The summed E-state index contributed by atoms with van der Waals surface area (Å²) >= 11 is 0. The summed E-state index contributed by atoms with van der Waals surface area (Å²) in [6.45, 7) is 0.506. The summed E-state index contributed by atoms with van der Waals surface area (Å²) in [5.74, 6) is 0.0984. The Labute approximate surface area is 87.1 Å². The van der Waals surface area contributed by atoms with E-state index < -0.39 is 0 Å². The summed E-state index contributed by atoms with van der Waals surface area (Å²) in [7, 11) is 0. The van der Waals surface area contributed by atoms with Crippen molar-refractivity contribution in [2.45, 2.75) is 12.8 Å². The summed E-state index contributed by atoms with van der Waals surface area (Å²) < 4.78 is 5.33. The molecule has 0 bridgehead atoms. The molecule has 78 valence electrons. The number of nitrogens with zero attached hydrogens (tertiary/aromatic N) is 1. The van der Waals surface area contributed by atoms with Crippen LogP contribution in [0.3, 0.4) is 0 Å². The smallest absolute Gasteiger partial charge is 0.264 e. The molecule has 0 fully saturated rings. The average molecular weight is 204 g/mol. The Hall–Kier alpha value is -1.68. The number of carbonyl (C=O) groups excluding carboxylic acids is 1. The SMILES string of the molecule is NCCCC(=O)c1nc2ccccc2o1. The fraction of sp³-hybridized carbons (Fsp3) is 0.273. The Morgan fingerprint density at radius 1 is 1.40 bits per heavy atom. The number of ketones is 1. The van der Waals surface area contributed by atoms with Crippen LogP contribution in [-0.2, 0) is 0 Å². The highest BCUT2D eigenvalue weighted by molar-refractivity contribution is 5.94. The van der Waals surface area contributed by atoms with Crippen molar-refractivity contribution in [1.29, 1.82) is 0 Å². The van der Waals surface area contributed by atoms with Crippen LogP contribution < -0.4 is 5.73 Å². The lowest BCUT2D eigenvalue weighted by Gasteiger charge is -1.92. The lowest BCUT2D eigenvalue weighted by atomic mass is 10.2. The van der Waals surface area contributed by atoms with Crippen LogP contribution in [0.4, 0.5) is 0 Å². The number of hydrogen-bond acceptors (Lipinski definition) is 4. The van der Waals surface area contributed by atoms with Crippen molar-refractivity contribution < 1.29 is 9.21 Å². The van der Waals surface area contributed by atoms with Gasteiger partial charge in [-0.1, -0.05) is 12.1 Å². The van der Waals surface area contributed by atoms with Gasteiger partial charge in [-0.3, -0.25) is 4.79 Å². The number of fused-ring (bicyclic) bond motifs is 1. The Morgan fingerprint density at radius 3 is 2.93 bits per heavy atom. The molecule has 15 heavy (non-hydrogen) atoms. The van der Waals surface area contributed by atoms with E-state index in [1.165, 1.54) is 0 Å². The number of hydrogen-bond donors (Lipinski definition) is 1. The van der Waals surface area contributed by atoms with Gasteiger partial charge in [-0.05, 0) is 25.1 Å². The molecule has 0 aliphatic rings. The molecule has 0 saturated carbocycles. The number of carbonyl (C=O) groups is 1. The quantitative estimate of drug-likeness (QED) is 0.770. The second-order valence-electron chi connectivity index (χ2n) is 3.30. The van der Waals surface area contributed by atoms with E-state index in [4.69, 9.17) is 10.2 Å². The molecule has 2 aromatic rings. The molecule has 0 saturated heterocycles. The van der Waals surface area contributed by atoms with Crippen LogP contribution in [0.5, 0.6) is 0 Å². The molecule has 2 N–H and O–H groups in total. The maximum Gasteiger partial charge on any atom is 0.264 e. The van der Waals surface area contributed by atoms with Gasteiger partial charge in [0.05, 0.1) is 0 Å². The van der Waals surface area contributed by atoms with Crippen molar-refractivity contribution in [1.82, 2.24) is 4.98 Å². The van der Waals surface area contributed by atoms with Gasteiger partial charge >= 0.3 is 0 Å². The maximum atomic E-state index is 11.6. The van der Waals surface area contributed by atoms with Gasteiger partial charge in [0.15, 0.2) is 5.58 Å². The van der Waals surface area contributed by atoms with E-state index in [9.17, 15) is 4.79 Å². The molecule has 1 heterocycles. The average Bonchev–Trinajstić information content (AvgIpc) is 2.69. The van der Waals surface area contributed by atoms with Crippen LogP contribution in [0.25, 0.3) is 11.1 Å². The van der Waals surface area contributed by atoms with E-state index >= 15 is 0 Å². The molecule has 0 aliphatic carbocycles. The van der Waals surface area contributed by atoms with Crippen molar-refractivity contribution in [3.05, 3.63) is 30.2 Å². The van der Waals surface area contributed by atoms with Gasteiger partial charge in [0.25, 0.3) is 5.89 Å². The minimum absolute atomic E-state index is 0.0864. The number of para-hydroxylation sites is 2. The molecule has 0 spiro atoms. The molecule has 1 aromatic heterocycles. The topological polar surface area (TPSA) is 69.1 Å². The highest BCUT2D eigenvalue weighted by atomic mass is 16.4. The maximum absolute atomic E-state index is 11.6. The summed E-state index contributed by atoms with van der Waals surface area (Å²) in [6.07, 6.45) is 1.06. The number of nitrogens with two attached hydrogens (primary N) is 1. The van der Waals surface area contributed by atoms with Crippen LogP contribution in [0.1, 0.15) is 23.5 Å². The summed E-state index contributed by atoms with van der Waals surface area (Å²) in [5, 5.41) is 0. The molecule has 0 unspecified atom stereocenters. The van der Waals surface area contributed by atoms with Crippen molar-refractivity contribution in [3.8, 4) is 0 Å². The number of benzene rings is 1. The molecule has 0 radical (unpaired) electrons. The second kappa shape index (κ2) is 4.23. The molecule has 0 atom stereocenters. The Kier molecular flexibility index (Phi) is 2.78. The van der Waals surface area contributed by atoms with Gasteiger partial charge < -0.3 is 10.2 Å².